The molecule has 0 saturated carbocycles. The lowest BCUT2D eigenvalue weighted by Gasteiger charge is -2.50. The van der Waals surface area contributed by atoms with Crippen molar-refractivity contribution in [3.63, 3.8) is 0 Å². The number of aryl methyl sites for hydroxylation is 1. The van der Waals surface area contributed by atoms with Gasteiger partial charge in [0.15, 0.2) is 0 Å². The van der Waals surface area contributed by atoms with Gasteiger partial charge in [-0.05, 0) is 41.8 Å². The van der Waals surface area contributed by atoms with Crippen molar-refractivity contribution in [2.45, 2.75) is 37.0 Å². The first-order valence-corrected chi connectivity index (χ1v) is 16.0. The van der Waals surface area contributed by atoms with Crippen LogP contribution in [0.4, 0.5) is 11.8 Å². The number of ether oxygens (including phenoxy) is 1. The number of nitrogens with one attached hydrogen (secondary N) is 1. The van der Waals surface area contributed by atoms with Gasteiger partial charge in [0.05, 0.1) is 24.3 Å². The van der Waals surface area contributed by atoms with E-state index in [1.807, 2.05) is 11.8 Å². The van der Waals surface area contributed by atoms with Crippen LogP contribution in [0.2, 0.25) is 0 Å². The molecule has 1 N–H and O–H groups in total. The zero-order valence-electron chi connectivity index (χ0n) is 24.6. The maximum Gasteiger partial charge on any atom is 0.228 e. The van der Waals surface area contributed by atoms with E-state index in [9.17, 15) is 0 Å². The lowest BCUT2D eigenvalue weighted by molar-refractivity contribution is -0.140. The fourth-order valence-corrected chi connectivity index (χ4v) is 7.01. The molecule has 7 rings (SSSR count). The Kier molecular flexibility index (Phi) is 8.02. The molecule has 4 aromatic carbocycles. The smallest absolute Gasteiger partial charge is 0.228 e. The average molecular weight is 588 g/mol. The highest BCUT2D eigenvalue weighted by Crippen LogP contribution is 2.33. The Morgan fingerprint density at radius 3 is 2.26 bits per heavy atom. The van der Waals surface area contributed by atoms with Gasteiger partial charge in [-0.1, -0.05) is 90.5 Å². The molecule has 218 valence electrons. The van der Waals surface area contributed by atoms with Gasteiger partial charge in [-0.2, -0.15) is 4.98 Å². The number of anilines is 2. The van der Waals surface area contributed by atoms with Crippen molar-refractivity contribution in [3.8, 4) is 0 Å². The molecule has 5 aromatic rings. The number of hydrogen-bond donors (Lipinski definition) is 1. The summed E-state index contributed by atoms with van der Waals surface area (Å²) in [6, 6.07) is 36.6. The molecular formula is C36H37N5OS. The molecule has 2 aliphatic heterocycles. The van der Waals surface area contributed by atoms with E-state index in [2.05, 4.69) is 125 Å². The second kappa shape index (κ2) is 12.4. The van der Waals surface area contributed by atoms with Crippen LogP contribution in [0.3, 0.4) is 0 Å². The Balaban J connectivity index is 1.20. The number of nitrogens with zero attached hydrogens (tertiary/aromatic N) is 4. The van der Waals surface area contributed by atoms with Gasteiger partial charge in [0.25, 0.3) is 0 Å². The predicted octanol–water partition coefficient (Wildman–Crippen LogP) is 6.93. The summed E-state index contributed by atoms with van der Waals surface area (Å²) in [5.74, 6) is 2.67. The molecule has 1 aromatic heterocycles. The molecule has 0 radical (unpaired) electrons. The second-order valence-corrected chi connectivity index (χ2v) is 12.8. The Morgan fingerprint density at radius 2 is 1.56 bits per heavy atom. The van der Waals surface area contributed by atoms with Crippen LogP contribution < -0.4 is 10.2 Å². The normalized spacial score (nSPS) is 16.0. The van der Waals surface area contributed by atoms with Gasteiger partial charge in [0, 0.05) is 48.8 Å². The summed E-state index contributed by atoms with van der Waals surface area (Å²) >= 11 is 1.91. The highest BCUT2D eigenvalue weighted by atomic mass is 32.2. The van der Waals surface area contributed by atoms with Crippen LogP contribution in [0.1, 0.15) is 22.3 Å². The van der Waals surface area contributed by atoms with Crippen molar-refractivity contribution in [1.29, 1.82) is 0 Å². The van der Waals surface area contributed by atoms with E-state index in [-0.39, 0.29) is 5.54 Å². The van der Waals surface area contributed by atoms with Gasteiger partial charge in [-0.3, -0.25) is 4.90 Å². The van der Waals surface area contributed by atoms with E-state index in [1.54, 1.807) is 0 Å². The third kappa shape index (κ3) is 6.11. The predicted molar refractivity (Wildman–Crippen MR) is 177 cm³/mol. The monoisotopic (exact) mass is 587 g/mol. The van der Waals surface area contributed by atoms with Crippen molar-refractivity contribution in [3.05, 3.63) is 125 Å². The standard InChI is InChI=1S/C36H37N5OS/c1-27-16-17-32-31(20-27)34(39-35(38-32)40-18-19-43-33-15-9-8-14-30(33)23-40)37-24-36(25-42-26-36)41(21-28-10-4-2-5-11-28)22-29-12-6-3-7-13-29/h2-17,20H,18-19,21-26H2,1H3,(H,37,38,39). The largest absolute Gasteiger partial charge is 0.377 e. The molecule has 1 saturated heterocycles. The van der Waals surface area contributed by atoms with E-state index < -0.39 is 0 Å². The summed E-state index contributed by atoms with van der Waals surface area (Å²) < 4.78 is 5.93. The zero-order chi connectivity index (χ0) is 29.1. The molecule has 1 fully saturated rings. The third-order valence-corrected chi connectivity index (χ3v) is 9.60. The van der Waals surface area contributed by atoms with Crippen molar-refractivity contribution in [1.82, 2.24) is 14.9 Å². The first kappa shape index (κ1) is 27.9. The van der Waals surface area contributed by atoms with E-state index in [1.165, 1.54) is 27.1 Å². The Morgan fingerprint density at radius 1 is 0.860 bits per heavy atom. The van der Waals surface area contributed by atoms with E-state index >= 15 is 0 Å². The average Bonchev–Trinajstić information content (AvgIpc) is 3.24. The van der Waals surface area contributed by atoms with Gasteiger partial charge in [-0.25, -0.2) is 4.98 Å². The zero-order valence-corrected chi connectivity index (χ0v) is 25.4. The topological polar surface area (TPSA) is 53.5 Å². The summed E-state index contributed by atoms with van der Waals surface area (Å²) in [5.41, 5.74) is 5.93. The lowest BCUT2D eigenvalue weighted by Crippen LogP contribution is -2.65. The molecule has 0 spiro atoms. The fraction of sp³-hybridized carbons (Fsp3) is 0.278. The molecule has 2 aliphatic rings. The summed E-state index contributed by atoms with van der Waals surface area (Å²) in [4.78, 5) is 16.5. The van der Waals surface area contributed by atoms with Crippen LogP contribution in [-0.2, 0) is 24.4 Å². The minimum atomic E-state index is -0.162. The van der Waals surface area contributed by atoms with Crippen LogP contribution >= 0.6 is 11.8 Å². The van der Waals surface area contributed by atoms with Crippen molar-refractivity contribution < 1.29 is 4.74 Å². The minimum Gasteiger partial charge on any atom is -0.377 e. The lowest BCUT2D eigenvalue weighted by atomic mass is 9.92. The van der Waals surface area contributed by atoms with Crippen molar-refractivity contribution >= 4 is 34.4 Å². The van der Waals surface area contributed by atoms with Gasteiger partial charge in [-0.15, -0.1) is 11.8 Å². The molecule has 0 bridgehead atoms. The Labute approximate surface area is 258 Å². The summed E-state index contributed by atoms with van der Waals surface area (Å²) in [6.45, 7) is 7.60. The van der Waals surface area contributed by atoms with Crippen LogP contribution in [0, 0.1) is 6.92 Å². The number of fused-ring (bicyclic) bond motifs is 2. The highest BCUT2D eigenvalue weighted by Gasteiger charge is 2.44. The van der Waals surface area contributed by atoms with Crippen LogP contribution in [0.25, 0.3) is 10.9 Å². The molecule has 0 unspecified atom stereocenters. The Bertz CT molecular complexity index is 1650. The van der Waals surface area contributed by atoms with Crippen molar-refractivity contribution in [2.75, 3.05) is 42.3 Å². The molecular weight excluding hydrogens is 550 g/mol. The molecule has 7 heteroatoms. The molecule has 3 heterocycles. The molecule has 0 atom stereocenters. The van der Waals surface area contributed by atoms with Crippen LogP contribution in [0.5, 0.6) is 0 Å². The number of hydrogen-bond acceptors (Lipinski definition) is 7. The van der Waals surface area contributed by atoms with Gasteiger partial charge in [0.1, 0.15) is 5.82 Å². The molecule has 6 nitrogen and oxygen atoms in total. The van der Waals surface area contributed by atoms with Gasteiger partial charge < -0.3 is 15.0 Å². The maximum atomic E-state index is 5.93. The number of thioether (sulfide) groups is 1. The molecule has 0 amide bonds. The van der Waals surface area contributed by atoms with Gasteiger partial charge >= 0.3 is 0 Å². The number of aromatic nitrogens is 2. The first-order chi connectivity index (χ1) is 21.1. The Hall–Kier alpha value is -3.91. The third-order valence-electron chi connectivity index (χ3n) is 8.50. The minimum absolute atomic E-state index is 0.162. The second-order valence-electron chi connectivity index (χ2n) is 11.7. The quantitative estimate of drug-likeness (QED) is 0.201. The van der Waals surface area contributed by atoms with E-state index in [0.717, 1.165) is 61.1 Å². The number of benzene rings is 4. The van der Waals surface area contributed by atoms with E-state index in [0.29, 0.717) is 13.2 Å². The molecule has 43 heavy (non-hydrogen) atoms. The summed E-state index contributed by atoms with van der Waals surface area (Å²) in [5, 5.41) is 4.88. The van der Waals surface area contributed by atoms with Gasteiger partial charge in [0.2, 0.25) is 5.95 Å². The molecule has 0 aliphatic carbocycles. The maximum absolute atomic E-state index is 5.93. The highest BCUT2D eigenvalue weighted by molar-refractivity contribution is 7.99. The van der Waals surface area contributed by atoms with Crippen LogP contribution in [-0.4, -0.2) is 52.5 Å². The number of rotatable bonds is 9. The summed E-state index contributed by atoms with van der Waals surface area (Å²) in [6.07, 6.45) is 0. The van der Waals surface area contributed by atoms with Crippen molar-refractivity contribution in [2.24, 2.45) is 0 Å². The summed E-state index contributed by atoms with van der Waals surface area (Å²) in [7, 11) is 0. The van der Waals surface area contributed by atoms with E-state index in [4.69, 9.17) is 14.7 Å². The first-order valence-electron chi connectivity index (χ1n) is 15.0. The fourth-order valence-electron chi connectivity index (χ4n) is 5.98. The SMILES string of the molecule is Cc1ccc2nc(N3CCSc4ccccc4C3)nc(NCC3(N(Cc4ccccc4)Cc4ccccc4)COC3)c2c1. The van der Waals surface area contributed by atoms with Crippen LogP contribution in [0.15, 0.2) is 108 Å².